The molecule has 0 unspecified atom stereocenters. The van der Waals surface area contributed by atoms with Gasteiger partial charge in [-0.15, -0.1) is 11.3 Å². The zero-order valence-electron chi connectivity index (χ0n) is 14.0. The molecule has 132 valence electrons. The molecule has 0 N–H and O–H groups in total. The molecule has 0 atom stereocenters. The van der Waals surface area contributed by atoms with Crippen LogP contribution in [0.25, 0.3) is 6.08 Å². The zero-order valence-corrected chi connectivity index (χ0v) is 15.6. The van der Waals surface area contributed by atoms with Crippen LogP contribution in [0, 0.1) is 0 Å². The number of hydrogen-bond acceptors (Lipinski definition) is 5. The van der Waals surface area contributed by atoms with E-state index in [2.05, 4.69) is 9.89 Å². The summed E-state index contributed by atoms with van der Waals surface area (Å²) in [6, 6.07) is 13.5. The first-order chi connectivity index (χ1) is 12.7. The molecule has 2 aromatic rings. The van der Waals surface area contributed by atoms with Crippen molar-refractivity contribution < 1.29 is 9.59 Å². The van der Waals surface area contributed by atoms with Crippen molar-refractivity contribution in [2.75, 3.05) is 26.2 Å². The number of thioether (sulfide) groups is 1. The third-order valence-electron chi connectivity index (χ3n) is 4.28. The SMILES string of the molecule is O=C1N=C(N2CCN(C(=O)c3cccs3)CC2)SC1=Cc1ccccc1. The third kappa shape index (κ3) is 3.59. The molecule has 2 aliphatic heterocycles. The lowest BCUT2D eigenvalue weighted by Gasteiger charge is -2.35. The molecule has 1 fully saturated rings. The minimum absolute atomic E-state index is 0.0846. The number of carbonyl (C=O) groups excluding carboxylic acids is 2. The van der Waals surface area contributed by atoms with Gasteiger partial charge in [-0.1, -0.05) is 36.4 Å². The number of amides is 2. The van der Waals surface area contributed by atoms with E-state index in [1.165, 1.54) is 23.1 Å². The number of hydrogen-bond donors (Lipinski definition) is 0. The van der Waals surface area contributed by atoms with Gasteiger partial charge in [0.1, 0.15) is 0 Å². The van der Waals surface area contributed by atoms with Crippen LogP contribution < -0.4 is 0 Å². The molecule has 5 nitrogen and oxygen atoms in total. The van der Waals surface area contributed by atoms with Gasteiger partial charge in [-0.3, -0.25) is 9.59 Å². The summed E-state index contributed by atoms with van der Waals surface area (Å²) in [5, 5.41) is 2.65. The van der Waals surface area contributed by atoms with Crippen molar-refractivity contribution in [2.45, 2.75) is 0 Å². The van der Waals surface area contributed by atoms with Crippen LogP contribution in [0.4, 0.5) is 0 Å². The number of aliphatic imine (C=N–C) groups is 1. The average molecular weight is 383 g/mol. The van der Waals surface area contributed by atoms with E-state index in [0.29, 0.717) is 31.1 Å². The highest BCUT2D eigenvalue weighted by Gasteiger charge is 2.30. The fourth-order valence-corrected chi connectivity index (χ4v) is 4.55. The van der Waals surface area contributed by atoms with Gasteiger partial charge in [0.15, 0.2) is 5.17 Å². The maximum Gasteiger partial charge on any atom is 0.286 e. The molecule has 0 aliphatic carbocycles. The van der Waals surface area contributed by atoms with E-state index in [4.69, 9.17) is 0 Å². The molecule has 1 aromatic carbocycles. The van der Waals surface area contributed by atoms with Crippen LogP contribution in [-0.2, 0) is 4.79 Å². The molecule has 26 heavy (non-hydrogen) atoms. The molecule has 4 rings (SSSR count). The summed E-state index contributed by atoms with van der Waals surface area (Å²) in [5.41, 5.74) is 0.992. The Labute approximate surface area is 160 Å². The number of amidine groups is 1. The van der Waals surface area contributed by atoms with Gasteiger partial charge in [-0.05, 0) is 34.8 Å². The first kappa shape index (κ1) is 17.1. The second-order valence-corrected chi connectivity index (χ2v) is 7.93. The van der Waals surface area contributed by atoms with Crippen LogP contribution in [0.15, 0.2) is 57.7 Å². The first-order valence-corrected chi connectivity index (χ1v) is 10.1. The summed E-state index contributed by atoms with van der Waals surface area (Å²) in [6.45, 7) is 2.66. The Morgan fingerprint density at radius 1 is 1.04 bits per heavy atom. The van der Waals surface area contributed by atoms with Gasteiger partial charge in [0.25, 0.3) is 11.8 Å². The van der Waals surface area contributed by atoms with E-state index in [1.54, 1.807) is 0 Å². The highest BCUT2D eigenvalue weighted by Crippen LogP contribution is 2.30. The van der Waals surface area contributed by atoms with Crippen LogP contribution in [0.1, 0.15) is 15.2 Å². The number of carbonyl (C=O) groups is 2. The van der Waals surface area contributed by atoms with Crippen molar-refractivity contribution in [3.8, 4) is 0 Å². The van der Waals surface area contributed by atoms with E-state index >= 15 is 0 Å². The highest BCUT2D eigenvalue weighted by atomic mass is 32.2. The Bertz CT molecular complexity index is 867. The van der Waals surface area contributed by atoms with Crippen LogP contribution >= 0.6 is 23.1 Å². The Morgan fingerprint density at radius 2 is 1.81 bits per heavy atom. The van der Waals surface area contributed by atoms with Crippen molar-refractivity contribution in [1.29, 1.82) is 0 Å². The van der Waals surface area contributed by atoms with Crippen LogP contribution in [-0.4, -0.2) is 53.0 Å². The van der Waals surface area contributed by atoms with Crippen molar-refractivity contribution in [3.63, 3.8) is 0 Å². The molecule has 0 bridgehead atoms. The number of benzene rings is 1. The predicted octanol–water partition coefficient (Wildman–Crippen LogP) is 3.18. The first-order valence-electron chi connectivity index (χ1n) is 8.36. The quantitative estimate of drug-likeness (QED) is 0.748. The Balaban J connectivity index is 1.38. The zero-order chi connectivity index (χ0) is 17.9. The monoisotopic (exact) mass is 383 g/mol. The summed E-state index contributed by atoms with van der Waals surface area (Å²) in [6.07, 6.45) is 1.88. The van der Waals surface area contributed by atoms with Crippen molar-refractivity contribution in [1.82, 2.24) is 9.80 Å². The van der Waals surface area contributed by atoms with Crippen LogP contribution in [0.5, 0.6) is 0 Å². The molecule has 0 radical (unpaired) electrons. The van der Waals surface area contributed by atoms with Crippen molar-refractivity contribution in [3.05, 3.63) is 63.2 Å². The second kappa shape index (κ2) is 7.47. The maximum atomic E-state index is 12.4. The molecular formula is C19H17N3O2S2. The summed E-state index contributed by atoms with van der Waals surface area (Å²) in [5.74, 6) is -0.104. The van der Waals surface area contributed by atoms with Gasteiger partial charge < -0.3 is 9.80 Å². The molecule has 0 saturated carbocycles. The number of thiophene rings is 1. The fourth-order valence-electron chi connectivity index (χ4n) is 2.89. The van der Waals surface area contributed by atoms with Gasteiger partial charge in [-0.2, -0.15) is 4.99 Å². The Morgan fingerprint density at radius 3 is 2.50 bits per heavy atom. The van der Waals surface area contributed by atoms with Crippen molar-refractivity contribution >= 4 is 46.2 Å². The maximum absolute atomic E-state index is 12.4. The number of nitrogens with zero attached hydrogens (tertiary/aromatic N) is 3. The second-order valence-electron chi connectivity index (χ2n) is 5.98. The van der Waals surface area contributed by atoms with Gasteiger partial charge in [0.05, 0.1) is 9.78 Å². The molecule has 3 heterocycles. The lowest BCUT2D eigenvalue weighted by atomic mass is 10.2. The van der Waals surface area contributed by atoms with Crippen LogP contribution in [0.3, 0.4) is 0 Å². The lowest BCUT2D eigenvalue weighted by Crippen LogP contribution is -2.49. The summed E-state index contributed by atoms with van der Waals surface area (Å²) in [4.78, 5) is 34.2. The Hall–Kier alpha value is -2.38. The predicted molar refractivity (Wildman–Crippen MR) is 106 cm³/mol. The summed E-state index contributed by atoms with van der Waals surface area (Å²) < 4.78 is 0. The van der Waals surface area contributed by atoms with Gasteiger partial charge in [0, 0.05) is 26.2 Å². The minimum Gasteiger partial charge on any atom is -0.347 e. The highest BCUT2D eigenvalue weighted by molar-refractivity contribution is 8.18. The largest absolute Gasteiger partial charge is 0.347 e. The standard InChI is InChI=1S/C19H17N3O2S2/c23-17-16(13-14-5-2-1-3-6-14)26-19(20-17)22-10-8-21(9-11-22)18(24)15-7-4-12-25-15/h1-7,12-13H,8-11H2. The normalized spacial score (nSPS) is 19.2. The average Bonchev–Trinajstić information content (AvgIpc) is 3.33. The van der Waals surface area contributed by atoms with Gasteiger partial charge in [0.2, 0.25) is 0 Å². The Kier molecular flexibility index (Phi) is 4.90. The smallest absolute Gasteiger partial charge is 0.286 e. The minimum atomic E-state index is -0.189. The van der Waals surface area contributed by atoms with E-state index in [-0.39, 0.29) is 11.8 Å². The van der Waals surface area contributed by atoms with E-state index < -0.39 is 0 Å². The van der Waals surface area contributed by atoms with E-state index in [0.717, 1.165) is 15.6 Å². The molecule has 2 aliphatic rings. The van der Waals surface area contributed by atoms with E-state index in [9.17, 15) is 9.59 Å². The summed E-state index contributed by atoms with van der Waals surface area (Å²) >= 11 is 2.88. The molecule has 1 saturated heterocycles. The third-order valence-corrected chi connectivity index (χ3v) is 6.18. The number of piperazine rings is 1. The fraction of sp³-hybridized carbons (Fsp3) is 0.211. The molecular weight excluding hydrogens is 366 g/mol. The molecule has 0 spiro atoms. The molecule has 7 heteroatoms. The van der Waals surface area contributed by atoms with Gasteiger partial charge in [-0.25, -0.2) is 0 Å². The lowest BCUT2D eigenvalue weighted by molar-refractivity contribution is -0.113. The van der Waals surface area contributed by atoms with Crippen molar-refractivity contribution in [2.24, 2.45) is 4.99 Å². The van der Waals surface area contributed by atoms with Crippen LogP contribution in [0.2, 0.25) is 0 Å². The van der Waals surface area contributed by atoms with E-state index in [1.807, 2.05) is 58.8 Å². The molecule has 1 aromatic heterocycles. The summed E-state index contributed by atoms with van der Waals surface area (Å²) in [7, 11) is 0. The van der Waals surface area contributed by atoms with Gasteiger partial charge >= 0.3 is 0 Å². The molecule has 2 amide bonds. The topological polar surface area (TPSA) is 53.0 Å². The number of rotatable bonds is 2.